The zero-order valence-electron chi connectivity index (χ0n) is 11.3. The van der Waals surface area contributed by atoms with Gasteiger partial charge in [-0.05, 0) is 37.0 Å². The molecule has 2 saturated heterocycles. The van der Waals surface area contributed by atoms with E-state index in [1.807, 2.05) is 18.2 Å². The Bertz CT molecular complexity index is 521. The van der Waals surface area contributed by atoms with Gasteiger partial charge in [-0.3, -0.25) is 4.79 Å². The first-order valence-electron chi connectivity index (χ1n) is 7.11. The van der Waals surface area contributed by atoms with Gasteiger partial charge in [0.1, 0.15) is 0 Å². The fourth-order valence-electron chi connectivity index (χ4n) is 3.32. The molecule has 4 nitrogen and oxygen atoms in total. The van der Waals surface area contributed by atoms with Crippen molar-refractivity contribution in [2.75, 3.05) is 18.0 Å². The van der Waals surface area contributed by atoms with Crippen LogP contribution in [-0.2, 0) is 11.4 Å². The molecule has 0 aliphatic carbocycles. The zero-order chi connectivity index (χ0) is 14.1. The number of halogens is 1. The summed E-state index contributed by atoms with van der Waals surface area (Å²) < 4.78 is 0. The Kier molecular flexibility index (Phi) is 3.85. The maximum absolute atomic E-state index is 11.4. The third kappa shape index (κ3) is 2.63. The van der Waals surface area contributed by atoms with Crippen molar-refractivity contribution in [1.82, 2.24) is 5.32 Å². The summed E-state index contributed by atoms with van der Waals surface area (Å²) in [5.41, 5.74) is 1.93. The summed E-state index contributed by atoms with van der Waals surface area (Å²) >= 11 is 5.98. The molecular formula is C15H19ClN2O2. The van der Waals surface area contributed by atoms with Crippen LogP contribution in [0.1, 0.15) is 24.8 Å². The Balaban J connectivity index is 1.78. The summed E-state index contributed by atoms with van der Waals surface area (Å²) in [5, 5.41) is 13.2. The number of carbonyl (C=O) groups is 1. The fourth-order valence-corrected chi connectivity index (χ4v) is 3.51. The minimum absolute atomic E-state index is 0.00275. The molecule has 5 heteroatoms. The lowest BCUT2D eigenvalue weighted by Gasteiger charge is -2.42. The highest BCUT2D eigenvalue weighted by Gasteiger charge is 2.34. The van der Waals surface area contributed by atoms with Gasteiger partial charge >= 0.3 is 0 Å². The van der Waals surface area contributed by atoms with Crippen LogP contribution in [0.4, 0.5) is 5.69 Å². The average Bonchev–Trinajstić information content (AvgIpc) is 2.46. The fraction of sp³-hybridized carbons (Fsp3) is 0.533. The highest BCUT2D eigenvalue weighted by Crippen LogP contribution is 2.31. The summed E-state index contributed by atoms with van der Waals surface area (Å²) in [6.07, 6.45) is 2.54. The predicted octanol–water partition coefficient (Wildman–Crippen LogP) is 1.94. The van der Waals surface area contributed by atoms with E-state index < -0.39 is 0 Å². The molecule has 2 N–H and O–H groups in total. The third-order valence-electron chi connectivity index (χ3n) is 4.38. The number of rotatable bonds is 2. The average molecular weight is 295 g/mol. The SMILES string of the molecule is O=C1CCC2CN(c3ccc(Cl)cc3CO)CCC2N1. The van der Waals surface area contributed by atoms with Crippen molar-refractivity contribution in [1.29, 1.82) is 0 Å². The van der Waals surface area contributed by atoms with Crippen LogP contribution in [0, 0.1) is 5.92 Å². The number of aliphatic hydroxyl groups excluding tert-OH is 1. The summed E-state index contributed by atoms with van der Waals surface area (Å²) in [5.74, 6) is 0.686. The number of amides is 1. The lowest BCUT2D eigenvalue weighted by molar-refractivity contribution is -0.124. The van der Waals surface area contributed by atoms with Crippen molar-refractivity contribution < 1.29 is 9.90 Å². The van der Waals surface area contributed by atoms with Crippen LogP contribution < -0.4 is 10.2 Å². The molecule has 2 aliphatic heterocycles. The van der Waals surface area contributed by atoms with E-state index in [4.69, 9.17) is 11.6 Å². The topological polar surface area (TPSA) is 52.6 Å². The molecule has 1 amide bonds. The molecule has 2 unspecified atom stereocenters. The second-order valence-electron chi connectivity index (χ2n) is 5.64. The number of nitrogens with zero attached hydrogens (tertiary/aromatic N) is 1. The number of hydrogen-bond donors (Lipinski definition) is 2. The van der Waals surface area contributed by atoms with E-state index in [-0.39, 0.29) is 12.5 Å². The van der Waals surface area contributed by atoms with Gasteiger partial charge in [0.25, 0.3) is 0 Å². The predicted molar refractivity (Wildman–Crippen MR) is 78.9 cm³/mol. The summed E-state index contributed by atoms with van der Waals surface area (Å²) in [4.78, 5) is 13.7. The highest BCUT2D eigenvalue weighted by atomic mass is 35.5. The Hall–Kier alpha value is -1.26. The smallest absolute Gasteiger partial charge is 0.220 e. The number of nitrogens with one attached hydrogen (secondary N) is 1. The van der Waals surface area contributed by atoms with Gasteiger partial charge in [0, 0.05) is 41.8 Å². The van der Waals surface area contributed by atoms with E-state index in [1.54, 1.807) is 0 Å². The monoisotopic (exact) mass is 294 g/mol. The molecule has 0 bridgehead atoms. The van der Waals surface area contributed by atoms with Crippen LogP contribution in [0.5, 0.6) is 0 Å². The van der Waals surface area contributed by atoms with Gasteiger partial charge < -0.3 is 15.3 Å². The molecular weight excluding hydrogens is 276 g/mol. The van der Waals surface area contributed by atoms with E-state index in [0.717, 1.165) is 37.2 Å². The molecule has 2 aliphatic rings. The van der Waals surface area contributed by atoms with Gasteiger partial charge in [-0.15, -0.1) is 0 Å². The minimum atomic E-state index is -0.00275. The number of carbonyl (C=O) groups excluding carboxylic acids is 1. The van der Waals surface area contributed by atoms with Crippen molar-refractivity contribution in [2.45, 2.75) is 31.9 Å². The van der Waals surface area contributed by atoms with E-state index >= 15 is 0 Å². The van der Waals surface area contributed by atoms with E-state index in [9.17, 15) is 9.90 Å². The number of aliphatic hydroxyl groups is 1. The van der Waals surface area contributed by atoms with Gasteiger partial charge in [0.15, 0.2) is 0 Å². The number of anilines is 1. The van der Waals surface area contributed by atoms with Gasteiger partial charge in [-0.25, -0.2) is 0 Å². The van der Waals surface area contributed by atoms with Crippen LogP contribution in [0.25, 0.3) is 0 Å². The van der Waals surface area contributed by atoms with Gasteiger partial charge in [0.2, 0.25) is 5.91 Å². The van der Waals surface area contributed by atoms with E-state index in [0.29, 0.717) is 23.4 Å². The maximum Gasteiger partial charge on any atom is 0.220 e. The number of benzene rings is 1. The Morgan fingerprint density at radius 1 is 1.40 bits per heavy atom. The third-order valence-corrected chi connectivity index (χ3v) is 4.61. The Labute approximate surface area is 123 Å². The quantitative estimate of drug-likeness (QED) is 0.876. The molecule has 0 radical (unpaired) electrons. The largest absolute Gasteiger partial charge is 0.392 e. The van der Waals surface area contributed by atoms with Crippen LogP contribution in [0.2, 0.25) is 5.02 Å². The molecule has 2 heterocycles. The summed E-state index contributed by atoms with van der Waals surface area (Å²) in [7, 11) is 0. The number of hydrogen-bond acceptors (Lipinski definition) is 3. The molecule has 108 valence electrons. The molecule has 0 saturated carbocycles. The Morgan fingerprint density at radius 2 is 2.25 bits per heavy atom. The molecule has 2 fully saturated rings. The van der Waals surface area contributed by atoms with Crippen LogP contribution in [-0.4, -0.2) is 30.1 Å². The zero-order valence-corrected chi connectivity index (χ0v) is 12.1. The lowest BCUT2D eigenvalue weighted by Crippen LogP contribution is -2.54. The Morgan fingerprint density at radius 3 is 3.05 bits per heavy atom. The lowest BCUT2D eigenvalue weighted by atomic mass is 9.85. The summed E-state index contributed by atoms with van der Waals surface area (Å²) in [6, 6.07) is 5.99. The minimum Gasteiger partial charge on any atom is -0.392 e. The van der Waals surface area contributed by atoms with Crippen molar-refractivity contribution >= 4 is 23.2 Å². The molecule has 20 heavy (non-hydrogen) atoms. The van der Waals surface area contributed by atoms with E-state index in [2.05, 4.69) is 10.2 Å². The highest BCUT2D eigenvalue weighted by molar-refractivity contribution is 6.30. The normalized spacial score (nSPS) is 26.1. The molecule has 0 aromatic heterocycles. The van der Waals surface area contributed by atoms with Crippen molar-refractivity contribution in [3.8, 4) is 0 Å². The molecule has 1 aromatic carbocycles. The molecule has 1 aromatic rings. The van der Waals surface area contributed by atoms with Crippen molar-refractivity contribution in [3.05, 3.63) is 28.8 Å². The molecule has 3 rings (SSSR count). The number of piperidine rings is 2. The number of fused-ring (bicyclic) bond motifs is 1. The first-order chi connectivity index (χ1) is 9.67. The second-order valence-corrected chi connectivity index (χ2v) is 6.08. The van der Waals surface area contributed by atoms with Crippen LogP contribution >= 0.6 is 11.6 Å². The summed E-state index contributed by atoms with van der Waals surface area (Å²) in [6.45, 7) is 1.83. The van der Waals surface area contributed by atoms with Crippen LogP contribution in [0.15, 0.2) is 18.2 Å². The molecule has 0 spiro atoms. The standard InChI is InChI=1S/C15H19ClN2O2/c16-12-2-3-14(11(7-12)9-19)18-6-5-13-10(8-18)1-4-15(20)17-13/h2-3,7,10,13,19H,1,4-6,8-9H2,(H,17,20). The van der Waals surface area contributed by atoms with Crippen molar-refractivity contribution in [2.24, 2.45) is 5.92 Å². The van der Waals surface area contributed by atoms with Crippen molar-refractivity contribution in [3.63, 3.8) is 0 Å². The first kappa shape index (κ1) is 13.7. The van der Waals surface area contributed by atoms with Crippen LogP contribution in [0.3, 0.4) is 0 Å². The second kappa shape index (κ2) is 5.62. The maximum atomic E-state index is 11.4. The van der Waals surface area contributed by atoms with Gasteiger partial charge in [-0.2, -0.15) is 0 Å². The van der Waals surface area contributed by atoms with E-state index in [1.165, 1.54) is 0 Å². The first-order valence-corrected chi connectivity index (χ1v) is 7.49. The van der Waals surface area contributed by atoms with Gasteiger partial charge in [-0.1, -0.05) is 11.6 Å². The molecule has 2 atom stereocenters. The van der Waals surface area contributed by atoms with Gasteiger partial charge in [0.05, 0.1) is 6.61 Å².